The van der Waals surface area contributed by atoms with Crippen molar-refractivity contribution in [3.63, 3.8) is 0 Å². The molecule has 1 saturated heterocycles. The summed E-state index contributed by atoms with van der Waals surface area (Å²) in [5.74, 6) is 2.48. The predicted octanol–water partition coefficient (Wildman–Crippen LogP) is 5.58. The van der Waals surface area contributed by atoms with Gasteiger partial charge in [0.05, 0.1) is 0 Å². The van der Waals surface area contributed by atoms with Gasteiger partial charge in [-0.2, -0.15) is 0 Å². The van der Waals surface area contributed by atoms with Crippen LogP contribution in [0.5, 0.6) is 11.5 Å². The van der Waals surface area contributed by atoms with Crippen molar-refractivity contribution in [2.24, 2.45) is 5.92 Å². The average Bonchev–Trinajstić information content (AvgIpc) is 3.24. The lowest BCUT2D eigenvalue weighted by Crippen LogP contribution is -2.22. The van der Waals surface area contributed by atoms with Gasteiger partial charge in [0.15, 0.2) is 17.3 Å². The number of nitrogens with zero attached hydrogens (tertiary/aromatic N) is 1. The number of Topliss-reactive ketones (excluding diaryl/α,β-unsaturated/α-hetero) is 1. The topological polar surface area (TPSA) is 38.5 Å². The lowest BCUT2D eigenvalue weighted by atomic mass is 9.81. The maximum Gasteiger partial charge on any atom is 0.231 e. The Morgan fingerprint density at radius 2 is 1.61 bits per heavy atom. The van der Waals surface area contributed by atoms with Crippen molar-refractivity contribution in [2.45, 2.75) is 78.9 Å². The molecule has 0 amide bonds. The molecule has 0 aromatic heterocycles. The SMILES string of the molecule is Cc1c(C)c(C)c(C(=O)C[C@@H]2CCC[C@H]3[C@@H]2N3Cc2ccc3c(c2)OCO3)c(C)c1C. The molecule has 1 aliphatic carbocycles. The Morgan fingerprint density at radius 3 is 2.35 bits per heavy atom. The van der Waals surface area contributed by atoms with E-state index in [0.29, 0.717) is 37.0 Å². The zero-order chi connectivity index (χ0) is 21.9. The molecule has 3 aliphatic rings. The van der Waals surface area contributed by atoms with E-state index < -0.39 is 0 Å². The van der Waals surface area contributed by atoms with Crippen molar-refractivity contribution in [3.05, 3.63) is 57.1 Å². The summed E-state index contributed by atoms with van der Waals surface area (Å²) in [6.45, 7) is 12.0. The van der Waals surface area contributed by atoms with Crippen LogP contribution in [0.3, 0.4) is 0 Å². The summed E-state index contributed by atoms with van der Waals surface area (Å²) in [4.78, 5) is 16.1. The number of carbonyl (C=O) groups is 1. The first-order chi connectivity index (χ1) is 14.9. The number of ketones is 1. The summed E-state index contributed by atoms with van der Waals surface area (Å²) in [7, 11) is 0. The summed E-state index contributed by atoms with van der Waals surface area (Å²) in [6, 6.07) is 7.43. The van der Waals surface area contributed by atoms with Crippen LogP contribution in [0.4, 0.5) is 0 Å². The molecule has 1 saturated carbocycles. The Hall–Kier alpha value is -2.33. The average molecular weight is 420 g/mol. The van der Waals surface area contributed by atoms with Gasteiger partial charge >= 0.3 is 0 Å². The molecule has 2 heterocycles. The van der Waals surface area contributed by atoms with Crippen LogP contribution in [0.1, 0.15) is 69.4 Å². The van der Waals surface area contributed by atoms with Gasteiger partial charge < -0.3 is 9.47 Å². The molecule has 2 fully saturated rings. The Labute approximate surface area is 185 Å². The minimum atomic E-state index is 0.314. The van der Waals surface area contributed by atoms with Crippen LogP contribution in [0.25, 0.3) is 0 Å². The van der Waals surface area contributed by atoms with E-state index in [1.165, 1.54) is 46.2 Å². The maximum absolute atomic E-state index is 13.5. The van der Waals surface area contributed by atoms with Crippen LogP contribution in [0.15, 0.2) is 18.2 Å². The van der Waals surface area contributed by atoms with Crippen molar-refractivity contribution in [3.8, 4) is 11.5 Å². The van der Waals surface area contributed by atoms with Gasteiger partial charge in [0.2, 0.25) is 6.79 Å². The van der Waals surface area contributed by atoms with Crippen molar-refractivity contribution in [2.75, 3.05) is 6.79 Å². The van der Waals surface area contributed by atoms with E-state index in [4.69, 9.17) is 9.47 Å². The summed E-state index contributed by atoms with van der Waals surface area (Å²) in [6.07, 6.45) is 4.30. The van der Waals surface area contributed by atoms with Gasteiger partial charge in [-0.15, -0.1) is 0 Å². The molecule has 4 atom stereocenters. The first-order valence-corrected chi connectivity index (χ1v) is 11.6. The van der Waals surface area contributed by atoms with E-state index in [1.807, 2.05) is 6.07 Å². The third kappa shape index (κ3) is 3.45. The van der Waals surface area contributed by atoms with E-state index in [0.717, 1.165) is 30.0 Å². The highest BCUT2D eigenvalue weighted by molar-refractivity contribution is 5.99. The Bertz CT molecular complexity index is 1030. The zero-order valence-corrected chi connectivity index (χ0v) is 19.4. The Morgan fingerprint density at radius 1 is 0.935 bits per heavy atom. The van der Waals surface area contributed by atoms with Crippen LogP contribution in [0.2, 0.25) is 0 Å². The van der Waals surface area contributed by atoms with Crippen LogP contribution >= 0.6 is 0 Å². The van der Waals surface area contributed by atoms with Gasteiger partial charge in [-0.3, -0.25) is 9.69 Å². The molecular formula is C27H33NO3. The molecule has 1 unspecified atom stereocenters. The molecule has 5 rings (SSSR count). The number of benzene rings is 2. The molecule has 0 spiro atoms. The highest BCUT2D eigenvalue weighted by Gasteiger charge is 2.53. The Kier molecular flexibility index (Phi) is 5.09. The number of carbonyl (C=O) groups excluding carboxylic acids is 1. The van der Waals surface area contributed by atoms with Gasteiger partial charge in [0, 0.05) is 30.6 Å². The number of rotatable bonds is 5. The molecule has 164 valence electrons. The highest BCUT2D eigenvalue weighted by Crippen LogP contribution is 2.47. The largest absolute Gasteiger partial charge is 0.454 e. The Balaban J connectivity index is 1.31. The molecule has 4 nitrogen and oxygen atoms in total. The monoisotopic (exact) mass is 419 g/mol. The van der Waals surface area contributed by atoms with Crippen molar-refractivity contribution in [1.29, 1.82) is 0 Å². The van der Waals surface area contributed by atoms with Crippen LogP contribution in [0, 0.1) is 40.5 Å². The highest BCUT2D eigenvalue weighted by atomic mass is 16.7. The van der Waals surface area contributed by atoms with E-state index in [9.17, 15) is 4.79 Å². The number of fused-ring (bicyclic) bond motifs is 2. The lowest BCUT2D eigenvalue weighted by Gasteiger charge is -2.22. The van der Waals surface area contributed by atoms with E-state index in [2.05, 4.69) is 51.7 Å². The normalized spacial score (nSPS) is 26.0. The molecule has 31 heavy (non-hydrogen) atoms. The van der Waals surface area contributed by atoms with Crippen molar-refractivity contribution >= 4 is 5.78 Å². The first kappa shape index (κ1) is 20.6. The zero-order valence-electron chi connectivity index (χ0n) is 19.4. The molecule has 0 N–H and O–H groups in total. The van der Waals surface area contributed by atoms with E-state index in [1.54, 1.807) is 0 Å². The predicted molar refractivity (Wildman–Crippen MR) is 122 cm³/mol. The summed E-state index contributed by atoms with van der Waals surface area (Å²) in [5.41, 5.74) is 8.44. The number of likely N-dealkylation sites (tertiary alicyclic amines) is 1. The lowest BCUT2D eigenvalue weighted by molar-refractivity contribution is 0.0950. The first-order valence-electron chi connectivity index (χ1n) is 11.6. The van der Waals surface area contributed by atoms with Gasteiger partial charge in [0.25, 0.3) is 0 Å². The summed E-state index contributed by atoms with van der Waals surface area (Å²) >= 11 is 0. The van der Waals surface area contributed by atoms with Crippen LogP contribution < -0.4 is 9.47 Å². The fourth-order valence-electron chi connectivity index (χ4n) is 5.99. The van der Waals surface area contributed by atoms with Crippen LogP contribution in [-0.2, 0) is 6.54 Å². The smallest absolute Gasteiger partial charge is 0.231 e. The molecule has 2 aromatic rings. The number of hydrogen-bond donors (Lipinski definition) is 0. The third-order valence-electron chi connectivity index (χ3n) is 8.20. The van der Waals surface area contributed by atoms with Gasteiger partial charge in [-0.25, -0.2) is 0 Å². The standard InChI is InChI=1S/C27H33NO3/c1-15-16(2)18(4)26(19(5)17(15)3)23(29)12-21-7-6-8-22-27(21)28(22)13-20-9-10-24-25(11-20)31-14-30-24/h9-11,21-22,27H,6-8,12-14H2,1-5H3/t21-,22-,27+,28?/m0/s1. The third-order valence-corrected chi connectivity index (χ3v) is 8.20. The summed E-state index contributed by atoms with van der Waals surface area (Å²) < 4.78 is 11.0. The molecule has 4 heteroatoms. The summed E-state index contributed by atoms with van der Waals surface area (Å²) in [5, 5.41) is 0. The van der Waals surface area contributed by atoms with Crippen molar-refractivity contribution in [1.82, 2.24) is 4.90 Å². The molecule has 2 aliphatic heterocycles. The minimum absolute atomic E-state index is 0.314. The van der Waals surface area contributed by atoms with E-state index in [-0.39, 0.29) is 0 Å². The number of ether oxygens (including phenoxy) is 2. The number of hydrogen-bond acceptors (Lipinski definition) is 4. The fraction of sp³-hybridized carbons (Fsp3) is 0.519. The molecule has 0 radical (unpaired) electrons. The molecule has 0 bridgehead atoms. The minimum Gasteiger partial charge on any atom is -0.454 e. The van der Waals surface area contributed by atoms with Gasteiger partial charge in [0.1, 0.15) is 0 Å². The molecule has 2 aromatic carbocycles. The van der Waals surface area contributed by atoms with Gasteiger partial charge in [-0.1, -0.05) is 12.5 Å². The fourth-order valence-corrected chi connectivity index (χ4v) is 5.99. The van der Waals surface area contributed by atoms with Crippen LogP contribution in [-0.4, -0.2) is 29.6 Å². The van der Waals surface area contributed by atoms with Crippen molar-refractivity contribution < 1.29 is 14.3 Å². The molecular weight excluding hydrogens is 386 g/mol. The van der Waals surface area contributed by atoms with E-state index >= 15 is 0 Å². The second kappa shape index (κ2) is 7.67. The second-order valence-corrected chi connectivity index (χ2v) is 9.74. The quantitative estimate of drug-likeness (QED) is 0.468. The van der Waals surface area contributed by atoms with Gasteiger partial charge in [-0.05, 0) is 98.9 Å². The second-order valence-electron chi connectivity index (χ2n) is 9.74. The maximum atomic E-state index is 13.5.